The van der Waals surface area contributed by atoms with Gasteiger partial charge in [-0.3, -0.25) is 9.79 Å². The molecule has 0 atom stereocenters. The van der Waals surface area contributed by atoms with E-state index < -0.39 is 0 Å². The summed E-state index contributed by atoms with van der Waals surface area (Å²) >= 11 is 1.80. The Kier molecular flexibility index (Phi) is 8.32. The lowest BCUT2D eigenvalue weighted by atomic mass is 10.1. The number of aliphatic imine (C=N–C) groups is 1. The largest absolute Gasteiger partial charge is 0.356 e. The minimum atomic E-state index is 0. The van der Waals surface area contributed by atoms with Crippen LogP contribution in [0.25, 0.3) is 0 Å². The van der Waals surface area contributed by atoms with Gasteiger partial charge < -0.3 is 20.0 Å². The molecule has 9 heteroatoms. The summed E-state index contributed by atoms with van der Waals surface area (Å²) in [5.74, 6) is 2.11. The van der Waals surface area contributed by atoms with Crippen molar-refractivity contribution >= 4 is 53.0 Å². The van der Waals surface area contributed by atoms with Crippen molar-refractivity contribution < 1.29 is 4.79 Å². The molecule has 0 saturated carbocycles. The number of halogens is 1. The first kappa shape index (κ1) is 22.8. The Bertz CT molecular complexity index is 850. The molecule has 0 aromatic carbocycles. The minimum Gasteiger partial charge on any atom is -0.356 e. The lowest BCUT2D eigenvalue weighted by Gasteiger charge is -2.37. The molecule has 1 fully saturated rings. The van der Waals surface area contributed by atoms with Gasteiger partial charge in [0.15, 0.2) is 5.96 Å². The Balaban J connectivity index is 0.00000256. The molecule has 30 heavy (non-hydrogen) atoms. The molecule has 2 aliphatic heterocycles. The second-order valence-corrected chi connectivity index (χ2v) is 8.32. The highest BCUT2D eigenvalue weighted by molar-refractivity contribution is 14.0. The summed E-state index contributed by atoms with van der Waals surface area (Å²) in [5.41, 5.74) is 1.31. The molecule has 4 heterocycles. The SMILES string of the molecule is CN=C(NCCC(=O)N1CCc2sccc2C1)N1CCN(c2ccccn2)CC1.I. The zero-order chi connectivity index (χ0) is 20.1. The fourth-order valence-corrected chi connectivity index (χ4v) is 4.81. The molecule has 4 rings (SSSR count). The molecule has 7 nitrogen and oxygen atoms in total. The van der Waals surface area contributed by atoms with Gasteiger partial charge in [-0.25, -0.2) is 4.98 Å². The van der Waals surface area contributed by atoms with E-state index >= 15 is 0 Å². The predicted molar refractivity (Wildman–Crippen MR) is 133 cm³/mol. The molecule has 1 amide bonds. The van der Waals surface area contributed by atoms with Crippen LogP contribution in [0, 0.1) is 0 Å². The molecule has 0 unspecified atom stereocenters. The van der Waals surface area contributed by atoms with E-state index in [2.05, 4.69) is 36.5 Å². The number of hydrogen-bond acceptors (Lipinski definition) is 5. The van der Waals surface area contributed by atoms with Crippen molar-refractivity contribution in [1.82, 2.24) is 20.1 Å². The van der Waals surface area contributed by atoms with Gasteiger partial charge in [-0.05, 0) is 35.6 Å². The van der Waals surface area contributed by atoms with Gasteiger partial charge in [0.25, 0.3) is 0 Å². The third-order valence-corrected chi connectivity index (χ3v) is 6.57. The molecule has 2 aliphatic rings. The summed E-state index contributed by atoms with van der Waals surface area (Å²) in [6, 6.07) is 8.15. The predicted octanol–water partition coefficient (Wildman–Crippen LogP) is 2.43. The Labute approximate surface area is 199 Å². The number of hydrogen-bond donors (Lipinski definition) is 1. The van der Waals surface area contributed by atoms with Crippen molar-refractivity contribution in [3.05, 3.63) is 46.3 Å². The summed E-state index contributed by atoms with van der Waals surface area (Å²) in [4.78, 5) is 29.4. The van der Waals surface area contributed by atoms with Gasteiger partial charge in [0, 0.05) is 70.4 Å². The number of aromatic nitrogens is 1. The maximum absolute atomic E-state index is 12.6. The molecular weight excluding hydrogens is 511 g/mol. The van der Waals surface area contributed by atoms with Crippen molar-refractivity contribution in [3.63, 3.8) is 0 Å². The van der Waals surface area contributed by atoms with Crippen LogP contribution < -0.4 is 10.2 Å². The van der Waals surface area contributed by atoms with Crippen molar-refractivity contribution in [2.45, 2.75) is 19.4 Å². The van der Waals surface area contributed by atoms with E-state index in [1.54, 1.807) is 18.4 Å². The van der Waals surface area contributed by atoms with E-state index in [0.717, 1.165) is 57.5 Å². The highest BCUT2D eigenvalue weighted by Gasteiger charge is 2.22. The van der Waals surface area contributed by atoms with Crippen molar-refractivity contribution in [2.75, 3.05) is 51.2 Å². The van der Waals surface area contributed by atoms with Crippen LogP contribution in [0.5, 0.6) is 0 Å². The number of piperazine rings is 1. The van der Waals surface area contributed by atoms with E-state index in [4.69, 9.17) is 0 Å². The maximum atomic E-state index is 12.6. The summed E-state index contributed by atoms with van der Waals surface area (Å²) in [5, 5.41) is 5.50. The zero-order valence-corrected chi connectivity index (χ0v) is 20.4. The van der Waals surface area contributed by atoms with E-state index in [0.29, 0.717) is 13.0 Å². The number of carbonyl (C=O) groups excluding carboxylic acids is 1. The third kappa shape index (κ3) is 5.42. The number of pyridine rings is 1. The van der Waals surface area contributed by atoms with Crippen LogP contribution in [-0.4, -0.2) is 73.0 Å². The summed E-state index contributed by atoms with van der Waals surface area (Å²) < 4.78 is 0. The molecule has 1 N–H and O–H groups in total. The summed E-state index contributed by atoms with van der Waals surface area (Å²) in [6.45, 7) is 5.78. The van der Waals surface area contributed by atoms with Crippen LogP contribution in [0.2, 0.25) is 0 Å². The average Bonchev–Trinajstić information content (AvgIpc) is 3.25. The Morgan fingerprint density at radius 1 is 1.17 bits per heavy atom. The number of carbonyl (C=O) groups is 1. The van der Waals surface area contributed by atoms with Crippen LogP contribution in [0.1, 0.15) is 16.9 Å². The maximum Gasteiger partial charge on any atom is 0.224 e. The zero-order valence-electron chi connectivity index (χ0n) is 17.3. The smallest absolute Gasteiger partial charge is 0.224 e. The first-order chi connectivity index (χ1) is 14.2. The number of fused-ring (bicyclic) bond motifs is 1. The van der Waals surface area contributed by atoms with E-state index in [9.17, 15) is 4.79 Å². The molecule has 0 radical (unpaired) electrons. The molecule has 0 bridgehead atoms. The quantitative estimate of drug-likeness (QED) is 0.367. The summed E-state index contributed by atoms with van der Waals surface area (Å²) in [7, 11) is 1.80. The van der Waals surface area contributed by atoms with Crippen LogP contribution in [0.15, 0.2) is 40.8 Å². The molecule has 0 aliphatic carbocycles. The number of anilines is 1. The minimum absolute atomic E-state index is 0. The Morgan fingerprint density at radius 2 is 2.00 bits per heavy atom. The Hall–Kier alpha value is -1.88. The second-order valence-electron chi connectivity index (χ2n) is 7.32. The first-order valence-corrected chi connectivity index (χ1v) is 11.1. The molecule has 1 saturated heterocycles. The first-order valence-electron chi connectivity index (χ1n) is 10.2. The number of nitrogens with zero attached hydrogens (tertiary/aromatic N) is 5. The highest BCUT2D eigenvalue weighted by atomic mass is 127. The monoisotopic (exact) mass is 540 g/mol. The fourth-order valence-electron chi connectivity index (χ4n) is 3.92. The normalized spacial score (nSPS) is 16.7. The van der Waals surface area contributed by atoms with Gasteiger partial charge >= 0.3 is 0 Å². The number of thiophene rings is 1. The standard InChI is InChI=1S/C21H28N6OS.HI/c1-22-21(26-13-11-25(12-14-26)19-4-2-3-8-23-19)24-9-5-20(28)27-10-6-18-17(16-27)7-15-29-18;/h2-4,7-8,15H,5-6,9-14,16H2,1H3,(H,22,24);1H. The average molecular weight is 540 g/mol. The summed E-state index contributed by atoms with van der Waals surface area (Å²) in [6.07, 6.45) is 3.31. The third-order valence-electron chi connectivity index (χ3n) is 5.55. The second kappa shape index (κ2) is 10.9. The lowest BCUT2D eigenvalue weighted by molar-refractivity contribution is -0.131. The van der Waals surface area contributed by atoms with Gasteiger partial charge in [-0.15, -0.1) is 35.3 Å². The van der Waals surface area contributed by atoms with Gasteiger partial charge in [-0.2, -0.15) is 0 Å². The van der Waals surface area contributed by atoms with Gasteiger partial charge in [0.1, 0.15) is 5.82 Å². The van der Waals surface area contributed by atoms with Crippen LogP contribution in [-0.2, 0) is 17.8 Å². The van der Waals surface area contributed by atoms with E-state index in [-0.39, 0.29) is 29.9 Å². The van der Waals surface area contributed by atoms with Crippen LogP contribution >= 0.6 is 35.3 Å². The molecule has 2 aromatic heterocycles. The topological polar surface area (TPSA) is 64.1 Å². The fraction of sp³-hybridized carbons (Fsp3) is 0.476. The van der Waals surface area contributed by atoms with Crippen LogP contribution in [0.3, 0.4) is 0 Å². The molecule has 0 spiro atoms. The van der Waals surface area contributed by atoms with Crippen LogP contribution in [0.4, 0.5) is 5.82 Å². The molecular formula is C21H29IN6OS. The van der Waals surface area contributed by atoms with Crippen molar-refractivity contribution in [3.8, 4) is 0 Å². The number of guanidine groups is 1. The molecule has 2 aromatic rings. The van der Waals surface area contributed by atoms with Crippen molar-refractivity contribution in [1.29, 1.82) is 0 Å². The highest BCUT2D eigenvalue weighted by Crippen LogP contribution is 2.24. The van der Waals surface area contributed by atoms with E-state index in [1.807, 2.05) is 29.3 Å². The van der Waals surface area contributed by atoms with Gasteiger partial charge in [-0.1, -0.05) is 6.07 Å². The van der Waals surface area contributed by atoms with Gasteiger partial charge in [0.05, 0.1) is 0 Å². The Morgan fingerprint density at radius 3 is 2.73 bits per heavy atom. The number of rotatable bonds is 4. The van der Waals surface area contributed by atoms with E-state index in [1.165, 1.54) is 10.4 Å². The lowest BCUT2D eigenvalue weighted by Crippen LogP contribution is -2.53. The number of nitrogens with one attached hydrogen (secondary N) is 1. The van der Waals surface area contributed by atoms with Gasteiger partial charge in [0.2, 0.25) is 5.91 Å². The number of amides is 1. The van der Waals surface area contributed by atoms with Crippen molar-refractivity contribution in [2.24, 2.45) is 4.99 Å². The molecule has 162 valence electrons.